The molecule has 0 spiro atoms. The molecule has 0 aliphatic heterocycles. The van der Waals surface area contributed by atoms with Crippen molar-refractivity contribution in [3.05, 3.63) is 59.7 Å². The number of nitrogens with two attached hydrogens (primary N) is 1. The fraction of sp³-hybridized carbons (Fsp3) is 0.278. The van der Waals surface area contributed by atoms with E-state index in [1.54, 1.807) is 18.2 Å². The Hall–Kier alpha value is -2.53. The van der Waals surface area contributed by atoms with E-state index in [1.807, 2.05) is 30.3 Å². The summed E-state index contributed by atoms with van der Waals surface area (Å²) in [6, 6.07) is 14.6. The zero-order valence-electron chi connectivity index (χ0n) is 12.9. The van der Waals surface area contributed by atoms with Crippen LogP contribution in [-0.4, -0.2) is 24.2 Å². The predicted octanol–water partition coefficient (Wildman–Crippen LogP) is 3.08. The molecular weight excluding hydrogens is 294 g/mol. The summed E-state index contributed by atoms with van der Waals surface area (Å²) >= 11 is 0. The lowest BCUT2D eigenvalue weighted by molar-refractivity contribution is 0.0686. The third-order valence-corrected chi connectivity index (χ3v) is 3.30. The van der Waals surface area contributed by atoms with Gasteiger partial charge in [0, 0.05) is 0 Å². The maximum atomic E-state index is 11.6. The predicted molar refractivity (Wildman–Crippen MR) is 88.0 cm³/mol. The number of carboxylic acid groups (broad SMARTS) is 1. The van der Waals surface area contributed by atoms with Crippen molar-refractivity contribution >= 4 is 5.97 Å². The van der Waals surface area contributed by atoms with Crippen molar-refractivity contribution < 1.29 is 19.4 Å². The first-order valence-corrected chi connectivity index (χ1v) is 7.58. The monoisotopic (exact) mass is 315 g/mol. The van der Waals surface area contributed by atoms with Gasteiger partial charge in [-0.2, -0.15) is 0 Å². The molecule has 0 saturated heterocycles. The number of benzene rings is 2. The highest BCUT2D eigenvalue weighted by molar-refractivity contribution is 5.94. The second-order valence-corrected chi connectivity index (χ2v) is 5.05. The van der Waals surface area contributed by atoms with Crippen molar-refractivity contribution in [2.45, 2.75) is 19.4 Å². The van der Waals surface area contributed by atoms with E-state index in [0.717, 1.165) is 18.4 Å². The molecule has 122 valence electrons. The van der Waals surface area contributed by atoms with Crippen molar-refractivity contribution in [3.8, 4) is 11.5 Å². The number of carbonyl (C=O) groups is 1. The number of unbranched alkanes of at least 4 members (excludes halogenated alkanes) is 1. The Morgan fingerprint density at radius 1 is 0.957 bits per heavy atom. The second kappa shape index (κ2) is 8.80. The van der Waals surface area contributed by atoms with Gasteiger partial charge in [0.15, 0.2) is 0 Å². The van der Waals surface area contributed by atoms with Crippen molar-refractivity contribution in [3.63, 3.8) is 0 Å². The SMILES string of the molecule is NCCCCOc1cccc(OCc2ccccc2)c1C(=O)O. The smallest absolute Gasteiger partial charge is 0.343 e. The van der Waals surface area contributed by atoms with E-state index in [-0.39, 0.29) is 5.56 Å². The van der Waals surface area contributed by atoms with E-state index < -0.39 is 5.97 Å². The molecule has 0 aromatic heterocycles. The number of hydrogen-bond donors (Lipinski definition) is 2. The van der Waals surface area contributed by atoms with Gasteiger partial charge in [0.1, 0.15) is 23.7 Å². The molecular formula is C18H21NO4. The van der Waals surface area contributed by atoms with E-state index in [2.05, 4.69) is 0 Å². The summed E-state index contributed by atoms with van der Waals surface area (Å²) in [5.74, 6) is -0.444. The highest BCUT2D eigenvalue weighted by Crippen LogP contribution is 2.29. The van der Waals surface area contributed by atoms with E-state index in [1.165, 1.54) is 0 Å². The maximum absolute atomic E-state index is 11.6. The van der Waals surface area contributed by atoms with Gasteiger partial charge in [0.25, 0.3) is 0 Å². The molecule has 0 amide bonds. The van der Waals surface area contributed by atoms with E-state index in [9.17, 15) is 9.90 Å². The van der Waals surface area contributed by atoms with Crippen LogP contribution in [-0.2, 0) is 6.61 Å². The first-order valence-electron chi connectivity index (χ1n) is 7.58. The van der Waals surface area contributed by atoms with Crippen molar-refractivity contribution in [2.24, 2.45) is 5.73 Å². The van der Waals surface area contributed by atoms with Crippen LogP contribution in [0.1, 0.15) is 28.8 Å². The molecule has 5 heteroatoms. The second-order valence-electron chi connectivity index (χ2n) is 5.05. The summed E-state index contributed by atoms with van der Waals surface area (Å²) < 4.78 is 11.2. The third-order valence-electron chi connectivity index (χ3n) is 3.30. The Kier molecular flexibility index (Phi) is 6.44. The zero-order valence-corrected chi connectivity index (χ0v) is 12.9. The highest BCUT2D eigenvalue weighted by Gasteiger charge is 2.18. The number of carboxylic acids is 1. The summed E-state index contributed by atoms with van der Waals surface area (Å²) in [6.45, 7) is 1.33. The molecule has 23 heavy (non-hydrogen) atoms. The number of ether oxygens (including phenoxy) is 2. The molecule has 2 aromatic rings. The molecule has 0 radical (unpaired) electrons. The van der Waals surface area contributed by atoms with Crippen molar-refractivity contribution in [1.82, 2.24) is 0 Å². The Bertz CT molecular complexity index is 628. The lowest BCUT2D eigenvalue weighted by atomic mass is 10.1. The van der Waals surface area contributed by atoms with Crippen LogP contribution in [0.15, 0.2) is 48.5 Å². The van der Waals surface area contributed by atoms with Gasteiger partial charge in [0.2, 0.25) is 0 Å². The molecule has 3 N–H and O–H groups in total. The van der Waals surface area contributed by atoms with E-state index >= 15 is 0 Å². The van der Waals surface area contributed by atoms with E-state index in [0.29, 0.717) is 31.3 Å². The van der Waals surface area contributed by atoms with Crippen LogP contribution >= 0.6 is 0 Å². The quantitative estimate of drug-likeness (QED) is 0.695. The van der Waals surface area contributed by atoms with Gasteiger partial charge < -0.3 is 20.3 Å². The van der Waals surface area contributed by atoms with Gasteiger partial charge in [-0.05, 0) is 37.1 Å². The third kappa shape index (κ3) is 5.00. The fourth-order valence-corrected chi connectivity index (χ4v) is 2.13. The molecule has 2 rings (SSSR count). The maximum Gasteiger partial charge on any atom is 0.343 e. The van der Waals surface area contributed by atoms with Gasteiger partial charge in [-0.25, -0.2) is 4.79 Å². The highest BCUT2D eigenvalue weighted by atomic mass is 16.5. The normalized spacial score (nSPS) is 10.3. The van der Waals surface area contributed by atoms with Crippen LogP contribution in [0.25, 0.3) is 0 Å². The van der Waals surface area contributed by atoms with Crippen molar-refractivity contribution in [1.29, 1.82) is 0 Å². The van der Waals surface area contributed by atoms with Crippen LogP contribution in [0.3, 0.4) is 0 Å². The molecule has 0 bridgehead atoms. The van der Waals surface area contributed by atoms with Crippen LogP contribution in [0, 0.1) is 0 Å². The molecule has 0 aliphatic rings. The summed E-state index contributed by atoms with van der Waals surface area (Å²) in [7, 11) is 0. The summed E-state index contributed by atoms with van der Waals surface area (Å²) in [4.78, 5) is 11.6. The molecule has 0 heterocycles. The van der Waals surface area contributed by atoms with Crippen LogP contribution in [0.2, 0.25) is 0 Å². The Labute approximate surface area is 135 Å². The van der Waals surface area contributed by atoms with Gasteiger partial charge in [-0.15, -0.1) is 0 Å². The topological polar surface area (TPSA) is 81.8 Å². The Morgan fingerprint density at radius 2 is 1.65 bits per heavy atom. The number of aromatic carboxylic acids is 1. The van der Waals surface area contributed by atoms with Crippen LogP contribution in [0.4, 0.5) is 0 Å². The number of hydrogen-bond acceptors (Lipinski definition) is 4. The Morgan fingerprint density at radius 3 is 2.30 bits per heavy atom. The molecule has 0 unspecified atom stereocenters. The average molecular weight is 315 g/mol. The minimum Gasteiger partial charge on any atom is -0.493 e. The molecule has 5 nitrogen and oxygen atoms in total. The number of rotatable bonds is 9. The van der Waals surface area contributed by atoms with E-state index in [4.69, 9.17) is 15.2 Å². The molecule has 0 saturated carbocycles. The first kappa shape index (κ1) is 16.8. The molecule has 0 aliphatic carbocycles. The fourth-order valence-electron chi connectivity index (χ4n) is 2.13. The van der Waals surface area contributed by atoms with Gasteiger partial charge >= 0.3 is 5.97 Å². The summed E-state index contributed by atoms with van der Waals surface area (Å²) in [5, 5.41) is 9.47. The lowest BCUT2D eigenvalue weighted by Crippen LogP contribution is -2.09. The molecule has 0 atom stereocenters. The van der Waals surface area contributed by atoms with Crippen molar-refractivity contribution in [2.75, 3.05) is 13.2 Å². The minimum absolute atomic E-state index is 0.0520. The molecule has 0 fully saturated rings. The van der Waals surface area contributed by atoms with Gasteiger partial charge in [0.05, 0.1) is 6.61 Å². The largest absolute Gasteiger partial charge is 0.493 e. The average Bonchev–Trinajstić information content (AvgIpc) is 2.57. The van der Waals surface area contributed by atoms with Gasteiger partial charge in [-0.1, -0.05) is 36.4 Å². The van der Waals surface area contributed by atoms with Gasteiger partial charge in [-0.3, -0.25) is 0 Å². The summed E-state index contributed by atoms with van der Waals surface area (Å²) in [5.41, 5.74) is 6.46. The summed E-state index contributed by atoms with van der Waals surface area (Å²) in [6.07, 6.45) is 1.62. The lowest BCUT2D eigenvalue weighted by Gasteiger charge is -2.14. The van der Waals surface area contributed by atoms with Crippen LogP contribution in [0.5, 0.6) is 11.5 Å². The first-order chi connectivity index (χ1) is 11.2. The molecule has 2 aromatic carbocycles. The standard InChI is InChI=1S/C18H21NO4/c19-11-4-5-12-22-15-9-6-10-16(17(15)18(20)21)23-13-14-7-2-1-3-8-14/h1-3,6-10H,4-5,11-13,19H2,(H,20,21). The van der Waals surface area contributed by atoms with Crippen LogP contribution < -0.4 is 15.2 Å². The Balaban J connectivity index is 2.10. The minimum atomic E-state index is -1.07. The zero-order chi connectivity index (χ0) is 16.5.